The van der Waals surface area contributed by atoms with Crippen LogP contribution in [0, 0.1) is 6.92 Å². The Kier molecular flexibility index (Phi) is 8.09. The fourth-order valence-corrected chi connectivity index (χ4v) is 5.31. The van der Waals surface area contributed by atoms with Gasteiger partial charge in [0.15, 0.2) is 6.61 Å². The van der Waals surface area contributed by atoms with Gasteiger partial charge in [-0.15, -0.1) is 0 Å². The monoisotopic (exact) mass is 593 g/mol. The molecule has 3 aliphatic heterocycles. The third-order valence-electron chi connectivity index (χ3n) is 7.64. The highest BCUT2D eigenvalue weighted by molar-refractivity contribution is 5.96. The van der Waals surface area contributed by atoms with Crippen LogP contribution >= 0.6 is 0 Å². The summed E-state index contributed by atoms with van der Waals surface area (Å²) in [5.74, 6) is 0.617. The molecule has 2 aromatic carbocycles. The lowest BCUT2D eigenvalue weighted by Gasteiger charge is -2.22. The zero-order chi connectivity index (χ0) is 30.6. The van der Waals surface area contributed by atoms with Crippen LogP contribution in [0.2, 0.25) is 0 Å². The summed E-state index contributed by atoms with van der Waals surface area (Å²) in [7, 11) is 1.54. The Balaban J connectivity index is 1.35. The summed E-state index contributed by atoms with van der Waals surface area (Å²) in [5.41, 5.74) is 3.68. The number of pyridine rings is 2. The molecule has 3 aliphatic rings. The summed E-state index contributed by atoms with van der Waals surface area (Å²) in [6.45, 7) is 2.33. The Bertz CT molecular complexity index is 1730. The molecule has 44 heavy (non-hydrogen) atoms. The minimum atomic E-state index is -0.572. The van der Waals surface area contributed by atoms with Crippen LogP contribution in [0.25, 0.3) is 11.1 Å². The van der Waals surface area contributed by atoms with Crippen molar-refractivity contribution in [2.24, 2.45) is 0 Å². The highest BCUT2D eigenvalue weighted by Gasteiger charge is 2.39. The Morgan fingerprint density at radius 1 is 0.977 bits per heavy atom. The van der Waals surface area contributed by atoms with E-state index < -0.39 is 12.1 Å². The smallest absolute Gasteiger partial charge is 0.272 e. The Labute approximate surface area is 254 Å². The van der Waals surface area contributed by atoms with Crippen LogP contribution in [-0.4, -0.2) is 71.5 Å². The zero-order valence-corrected chi connectivity index (χ0v) is 24.3. The van der Waals surface area contributed by atoms with E-state index >= 15 is 0 Å². The SMILES string of the molecule is COc1cc2ccc1CNC(=O)COc1cccc(c1)-c1cncc(c1)C(=O)N[C@H]1CN(C(=O)c3ncccc3C)C[C@@H]1O2. The van der Waals surface area contributed by atoms with Crippen LogP contribution in [0.4, 0.5) is 0 Å². The molecule has 2 aromatic heterocycles. The minimum Gasteiger partial charge on any atom is -0.496 e. The first kappa shape index (κ1) is 28.7. The summed E-state index contributed by atoms with van der Waals surface area (Å²) in [5, 5.41) is 5.93. The highest BCUT2D eigenvalue weighted by Crippen LogP contribution is 2.29. The van der Waals surface area contributed by atoms with Gasteiger partial charge in [0.1, 0.15) is 29.0 Å². The molecule has 11 nitrogen and oxygen atoms in total. The van der Waals surface area contributed by atoms with Crippen LogP contribution in [-0.2, 0) is 11.3 Å². The van der Waals surface area contributed by atoms with Crippen LogP contribution < -0.4 is 24.8 Å². The molecular weight excluding hydrogens is 562 g/mol. The number of amides is 3. The molecule has 0 saturated carbocycles. The Morgan fingerprint density at radius 3 is 2.68 bits per heavy atom. The lowest BCUT2D eigenvalue weighted by Crippen LogP contribution is -2.45. The molecule has 1 fully saturated rings. The topological polar surface area (TPSA) is 132 Å². The van der Waals surface area contributed by atoms with Gasteiger partial charge in [0.2, 0.25) is 0 Å². The summed E-state index contributed by atoms with van der Waals surface area (Å²) in [6, 6.07) is 17.3. The maximum absolute atomic E-state index is 13.6. The number of methoxy groups -OCH3 is 1. The van der Waals surface area contributed by atoms with Crippen molar-refractivity contribution in [3.8, 4) is 28.4 Å². The first-order valence-electron chi connectivity index (χ1n) is 14.2. The molecule has 2 N–H and O–H groups in total. The number of carbonyl (C=O) groups is 3. The van der Waals surface area contributed by atoms with Crippen LogP contribution in [0.5, 0.6) is 17.2 Å². The fourth-order valence-electron chi connectivity index (χ4n) is 5.31. The van der Waals surface area contributed by atoms with E-state index in [2.05, 4.69) is 20.6 Å². The molecule has 0 aliphatic carbocycles. The van der Waals surface area contributed by atoms with Gasteiger partial charge < -0.3 is 29.7 Å². The average Bonchev–Trinajstić information content (AvgIpc) is 3.44. The maximum Gasteiger partial charge on any atom is 0.272 e. The third-order valence-corrected chi connectivity index (χ3v) is 7.64. The van der Waals surface area contributed by atoms with Crippen LogP contribution in [0.15, 0.2) is 79.3 Å². The molecular formula is C33H31N5O6. The second-order valence-electron chi connectivity index (χ2n) is 10.6. The normalized spacial score (nSPS) is 18.3. The largest absolute Gasteiger partial charge is 0.496 e. The van der Waals surface area contributed by atoms with Crippen molar-refractivity contribution >= 4 is 17.7 Å². The number of nitrogens with one attached hydrogen (secondary N) is 2. The molecule has 11 heteroatoms. The number of carbonyl (C=O) groups excluding carboxylic acids is 3. The van der Waals surface area contributed by atoms with Gasteiger partial charge in [-0.25, -0.2) is 0 Å². The van der Waals surface area contributed by atoms with Crippen molar-refractivity contribution in [2.75, 3.05) is 26.8 Å². The molecule has 0 spiro atoms. The van der Waals surface area contributed by atoms with E-state index in [1.165, 1.54) is 13.3 Å². The second-order valence-corrected chi connectivity index (χ2v) is 10.6. The van der Waals surface area contributed by atoms with Gasteiger partial charge in [-0.1, -0.05) is 18.2 Å². The number of aryl methyl sites for hydroxylation is 1. The molecule has 4 aromatic rings. The van der Waals surface area contributed by atoms with E-state index in [0.29, 0.717) is 34.1 Å². The van der Waals surface area contributed by atoms with Crippen molar-refractivity contribution in [3.05, 3.63) is 102 Å². The molecule has 0 unspecified atom stereocenters. The van der Waals surface area contributed by atoms with E-state index in [0.717, 1.165) is 16.7 Å². The van der Waals surface area contributed by atoms with Crippen molar-refractivity contribution < 1.29 is 28.6 Å². The number of aromatic nitrogens is 2. The van der Waals surface area contributed by atoms with Gasteiger partial charge in [0.25, 0.3) is 17.7 Å². The zero-order valence-electron chi connectivity index (χ0n) is 24.3. The minimum absolute atomic E-state index is 0.177. The van der Waals surface area contributed by atoms with Crippen molar-refractivity contribution in [3.63, 3.8) is 0 Å². The predicted octanol–water partition coefficient (Wildman–Crippen LogP) is 3.17. The van der Waals surface area contributed by atoms with Crippen LogP contribution in [0.1, 0.15) is 32.0 Å². The highest BCUT2D eigenvalue weighted by atomic mass is 16.5. The van der Waals surface area contributed by atoms with Gasteiger partial charge >= 0.3 is 0 Å². The molecule has 0 radical (unpaired) electrons. The molecule has 5 heterocycles. The quantitative estimate of drug-likeness (QED) is 0.362. The summed E-state index contributed by atoms with van der Waals surface area (Å²) < 4.78 is 17.7. The maximum atomic E-state index is 13.6. The van der Waals surface area contributed by atoms with Crippen molar-refractivity contribution in [2.45, 2.75) is 25.6 Å². The first-order valence-corrected chi connectivity index (χ1v) is 14.2. The molecule has 224 valence electrons. The number of likely N-dealkylation sites (tertiary alicyclic amines) is 1. The second kappa shape index (κ2) is 12.4. The summed E-state index contributed by atoms with van der Waals surface area (Å²) in [4.78, 5) is 49.9. The third kappa shape index (κ3) is 6.17. The van der Waals surface area contributed by atoms with Crippen molar-refractivity contribution in [1.29, 1.82) is 0 Å². The summed E-state index contributed by atoms with van der Waals surface area (Å²) >= 11 is 0. The Hall–Kier alpha value is -5.45. The van der Waals surface area contributed by atoms with E-state index in [9.17, 15) is 14.4 Å². The number of fused-ring (bicyclic) bond motifs is 7. The van der Waals surface area contributed by atoms with Gasteiger partial charge in [0, 0.05) is 48.9 Å². The molecule has 7 rings (SSSR count). The molecule has 3 amide bonds. The first-order chi connectivity index (χ1) is 21.4. The number of ether oxygens (including phenoxy) is 3. The average molecular weight is 594 g/mol. The number of benzene rings is 2. The molecule has 1 saturated heterocycles. The van der Waals surface area contributed by atoms with E-state index in [1.807, 2.05) is 25.1 Å². The van der Waals surface area contributed by atoms with Gasteiger partial charge in [0.05, 0.1) is 25.3 Å². The van der Waals surface area contributed by atoms with Gasteiger partial charge in [-0.2, -0.15) is 0 Å². The van der Waals surface area contributed by atoms with E-state index in [1.54, 1.807) is 59.8 Å². The number of rotatable bonds is 2. The fraction of sp³-hybridized carbons (Fsp3) is 0.242. The standard InChI is InChI=1S/C33H31N5O6/c1-20-5-4-10-35-31(20)33(41)38-17-27-29(18-38)44-26-9-8-22(28(13-26)42-2)16-36-30(39)19-43-25-7-3-6-21(12-25)23-11-24(15-34-14-23)32(40)37-27/h3-15,27,29H,16-19H2,1-2H3,(H,36,39)(H,37,40)/t27-,29-/m0/s1. The van der Waals surface area contributed by atoms with E-state index in [4.69, 9.17) is 14.2 Å². The molecule has 2 atom stereocenters. The number of hydrogen-bond donors (Lipinski definition) is 2. The predicted molar refractivity (Wildman–Crippen MR) is 161 cm³/mol. The lowest BCUT2D eigenvalue weighted by atomic mass is 10.1. The van der Waals surface area contributed by atoms with E-state index in [-0.39, 0.29) is 44.0 Å². The number of hydrogen-bond acceptors (Lipinski definition) is 8. The van der Waals surface area contributed by atoms with Crippen LogP contribution in [0.3, 0.4) is 0 Å². The van der Waals surface area contributed by atoms with Gasteiger partial charge in [-0.3, -0.25) is 24.4 Å². The lowest BCUT2D eigenvalue weighted by molar-refractivity contribution is -0.123. The summed E-state index contributed by atoms with van der Waals surface area (Å²) in [6.07, 6.45) is 4.16. The van der Waals surface area contributed by atoms with Crippen molar-refractivity contribution in [1.82, 2.24) is 25.5 Å². The van der Waals surface area contributed by atoms with Gasteiger partial charge in [-0.05, 0) is 54.4 Å². The molecule has 6 bridgehead atoms. The number of nitrogens with zero attached hydrogens (tertiary/aromatic N) is 3. The Morgan fingerprint density at radius 2 is 1.84 bits per heavy atom.